The van der Waals surface area contributed by atoms with E-state index in [1.807, 2.05) is 26.8 Å². The molecule has 0 bridgehead atoms. The number of carbonyl (C=O) groups excluding carboxylic acids is 1. The Balaban J connectivity index is 6.13. The van der Waals surface area contributed by atoms with Crippen molar-refractivity contribution in [2.24, 2.45) is 0 Å². The Kier molecular flexibility index (Phi) is 10.4. The molecule has 0 spiro atoms. The zero-order chi connectivity index (χ0) is 17.0. The van der Waals surface area contributed by atoms with Gasteiger partial charge >= 0.3 is 0 Å². The smallest absolute Gasteiger partial charge is 0.172 e. The van der Waals surface area contributed by atoms with Crippen molar-refractivity contribution in [1.29, 1.82) is 0 Å². The number of carbonyl (C=O) groups is 1. The van der Waals surface area contributed by atoms with Gasteiger partial charge in [0.2, 0.25) is 0 Å². The Morgan fingerprint density at radius 3 is 2.41 bits per heavy atom. The predicted molar refractivity (Wildman–Crippen MR) is 91.0 cm³/mol. The molecule has 0 rings (SSSR count). The van der Waals surface area contributed by atoms with Crippen LogP contribution in [0.3, 0.4) is 0 Å². The minimum atomic E-state index is -0.579. The number of aldehydes is 1. The maximum atomic E-state index is 14.7. The maximum absolute atomic E-state index is 14.7. The zero-order valence-electron chi connectivity index (χ0n) is 13.9. The van der Waals surface area contributed by atoms with Crippen LogP contribution >= 0.6 is 0 Å². The van der Waals surface area contributed by atoms with Crippen molar-refractivity contribution < 1.29 is 13.9 Å². The topological polar surface area (TPSA) is 26.3 Å². The molecule has 0 aromatic heterocycles. The lowest BCUT2D eigenvalue weighted by atomic mass is 10.0. The summed E-state index contributed by atoms with van der Waals surface area (Å²) in [7, 11) is 1.38. The molecular formula is C19H25FO2. The monoisotopic (exact) mass is 304 g/mol. The van der Waals surface area contributed by atoms with Gasteiger partial charge in [0, 0.05) is 11.1 Å². The summed E-state index contributed by atoms with van der Waals surface area (Å²) in [5, 5.41) is 0. The second kappa shape index (κ2) is 11.5. The lowest BCUT2D eigenvalue weighted by Gasteiger charge is -2.08. The highest BCUT2D eigenvalue weighted by atomic mass is 19.1. The molecule has 0 aliphatic heterocycles. The van der Waals surface area contributed by atoms with Gasteiger partial charge in [0.1, 0.15) is 0 Å². The van der Waals surface area contributed by atoms with Gasteiger partial charge in [0.05, 0.1) is 7.11 Å². The number of allylic oxidation sites excluding steroid dienone is 10. The Labute approximate surface area is 133 Å². The van der Waals surface area contributed by atoms with Crippen LogP contribution in [0.15, 0.2) is 71.3 Å². The standard InChI is InChI=1S/C19H25FO2/c1-6-8-10-11-16(14-21)17(13-15(3)4)19(20)18(22-5)12-9-7-2/h7,9-14H,2,6,8H2,1,3-5H3/b11-10+,12-9-,17-16-,19-18+. The van der Waals surface area contributed by atoms with E-state index in [9.17, 15) is 9.18 Å². The normalized spacial score (nSPS) is 13.7. The molecule has 0 radical (unpaired) electrons. The van der Waals surface area contributed by atoms with Crippen molar-refractivity contribution in [3.63, 3.8) is 0 Å². The largest absolute Gasteiger partial charge is 0.494 e. The molecule has 22 heavy (non-hydrogen) atoms. The molecule has 0 aromatic carbocycles. The third-order valence-corrected chi connectivity index (χ3v) is 2.68. The van der Waals surface area contributed by atoms with Gasteiger partial charge in [0.15, 0.2) is 17.9 Å². The molecule has 0 atom stereocenters. The highest BCUT2D eigenvalue weighted by Crippen LogP contribution is 2.24. The number of unbranched alkanes of at least 4 members (excludes halogenated alkanes) is 1. The van der Waals surface area contributed by atoms with Crippen molar-refractivity contribution in [3.05, 3.63) is 71.3 Å². The van der Waals surface area contributed by atoms with Gasteiger partial charge in [-0.1, -0.05) is 55.9 Å². The van der Waals surface area contributed by atoms with E-state index < -0.39 is 5.83 Å². The molecule has 0 heterocycles. The summed E-state index contributed by atoms with van der Waals surface area (Å²) in [5.74, 6) is -0.527. The molecule has 120 valence electrons. The van der Waals surface area contributed by atoms with Crippen LogP contribution in [0.25, 0.3) is 0 Å². The quantitative estimate of drug-likeness (QED) is 0.247. The number of ether oxygens (including phenoxy) is 1. The maximum Gasteiger partial charge on any atom is 0.172 e. The number of hydrogen-bond acceptors (Lipinski definition) is 2. The second-order valence-electron chi connectivity index (χ2n) is 4.88. The Morgan fingerprint density at radius 1 is 1.27 bits per heavy atom. The molecule has 0 amide bonds. The molecule has 3 heteroatoms. The fourth-order valence-electron chi connectivity index (χ4n) is 1.65. The highest BCUT2D eigenvalue weighted by molar-refractivity contribution is 5.81. The van der Waals surface area contributed by atoms with Crippen molar-refractivity contribution in [2.45, 2.75) is 33.6 Å². The number of methoxy groups -OCH3 is 1. The molecule has 0 aliphatic rings. The second-order valence-corrected chi connectivity index (χ2v) is 4.88. The van der Waals surface area contributed by atoms with E-state index in [1.165, 1.54) is 19.3 Å². The summed E-state index contributed by atoms with van der Waals surface area (Å²) in [6, 6.07) is 0. The van der Waals surface area contributed by atoms with Crippen LogP contribution in [0.5, 0.6) is 0 Å². The number of hydrogen-bond donors (Lipinski definition) is 0. The Morgan fingerprint density at radius 2 is 1.95 bits per heavy atom. The van der Waals surface area contributed by atoms with E-state index >= 15 is 0 Å². The SMILES string of the molecule is C=C\C=C/C(OC)=C(F)/C(C=C(C)C)=C(C=O)/C=C/CCC. The first-order chi connectivity index (χ1) is 10.5. The summed E-state index contributed by atoms with van der Waals surface area (Å²) in [6.07, 6.45) is 12.2. The molecule has 2 nitrogen and oxygen atoms in total. The minimum absolute atomic E-state index is 0.0515. The van der Waals surface area contributed by atoms with Crippen molar-refractivity contribution in [1.82, 2.24) is 0 Å². The van der Waals surface area contributed by atoms with Crippen LogP contribution in [-0.4, -0.2) is 13.4 Å². The van der Waals surface area contributed by atoms with Crippen LogP contribution in [0.1, 0.15) is 33.6 Å². The first kappa shape index (κ1) is 19.8. The molecule has 0 unspecified atom stereocenters. The lowest BCUT2D eigenvalue weighted by molar-refractivity contribution is -0.104. The van der Waals surface area contributed by atoms with E-state index in [1.54, 1.807) is 18.2 Å². The first-order valence-corrected chi connectivity index (χ1v) is 7.25. The fourth-order valence-corrected chi connectivity index (χ4v) is 1.65. The lowest BCUT2D eigenvalue weighted by Crippen LogP contribution is -1.96. The van der Waals surface area contributed by atoms with Crippen LogP contribution in [0, 0.1) is 0 Å². The first-order valence-electron chi connectivity index (χ1n) is 7.25. The van der Waals surface area contributed by atoms with Gasteiger partial charge in [-0.2, -0.15) is 0 Å². The molecule has 0 aromatic rings. The number of rotatable bonds is 9. The van der Waals surface area contributed by atoms with E-state index in [0.29, 0.717) is 6.29 Å². The van der Waals surface area contributed by atoms with Crippen molar-refractivity contribution >= 4 is 6.29 Å². The van der Waals surface area contributed by atoms with Crippen LogP contribution in [0.2, 0.25) is 0 Å². The van der Waals surface area contributed by atoms with Gasteiger partial charge in [-0.15, -0.1) is 0 Å². The average Bonchev–Trinajstić information content (AvgIpc) is 2.50. The third-order valence-electron chi connectivity index (χ3n) is 2.68. The molecular weight excluding hydrogens is 279 g/mol. The highest BCUT2D eigenvalue weighted by Gasteiger charge is 2.13. The van der Waals surface area contributed by atoms with E-state index in [4.69, 9.17) is 4.74 Å². The van der Waals surface area contributed by atoms with E-state index in [0.717, 1.165) is 18.4 Å². The molecule has 0 N–H and O–H groups in total. The van der Waals surface area contributed by atoms with Crippen molar-refractivity contribution in [3.8, 4) is 0 Å². The summed E-state index contributed by atoms with van der Waals surface area (Å²) in [6.45, 7) is 9.27. The van der Waals surface area contributed by atoms with Crippen LogP contribution in [0.4, 0.5) is 4.39 Å². The van der Waals surface area contributed by atoms with Crippen molar-refractivity contribution in [2.75, 3.05) is 7.11 Å². The van der Waals surface area contributed by atoms with Gasteiger partial charge in [-0.05, 0) is 26.3 Å². The summed E-state index contributed by atoms with van der Waals surface area (Å²) in [5.41, 5.74) is 1.39. The summed E-state index contributed by atoms with van der Waals surface area (Å²) in [4.78, 5) is 11.3. The van der Waals surface area contributed by atoms with Crippen LogP contribution < -0.4 is 0 Å². The summed E-state index contributed by atoms with van der Waals surface area (Å²) < 4.78 is 19.8. The Hall–Kier alpha value is -2.16. The predicted octanol–water partition coefficient (Wildman–Crippen LogP) is 5.37. The summed E-state index contributed by atoms with van der Waals surface area (Å²) >= 11 is 0. The minimum Gasteiger partial charge on any atom is -0.494 e. The molecule has 0 aliphatic carbocycles. The van der Waals surface area contributed by atoms with Gasteiger partial charge in [0.25, 0.3) is 0 Å². The third kappa shape index (κ3) is 7.02. The van der Waals surface area contributed by atoms with Crippen LogP contribution in [-0.2, 0) is 9.53 Å². The fraction of sp³-hybridized carbons (Fsp3) is 0.316. The molecule has 0 fully saturated rings. The Bertz CT molecular complexity index is 528. The van der Waals surface area contributed by atoms with E-state index in [2.05, 4.69) is 6.58 Å². The van der Waals surface area contributed by atoms with Gasteiger partial charge in [-0.3, -0.25) is 4.79 Å². The van der Waals surface area contributed by atoms with E-state index in [-0.39, 0.29) is 16.9 Å². The van der Waals surface area contributed by atoms with Gasteiger partial charge < -0.3 is 4.74 Å². The zero-order valence-corrected chi connectivity index (χ0v) is 13.9. The van der Waals surface area contributed by atoms with Gasteiger partial charge in [-0.25, -0.2) is 4.39 Å². The molecule has 0 saturated carbocycles. The molecule has 0 saturated heterocycles. The average molecular weight is 304 g/mol. The number of halogens is 1.